The molecular formula is C21H20N2O3. The van der Waals surface area contributed by atoms with Crippen molar-refractivity contribution in [2.24, 2.45) is 0 Å². The lowest BCUT2D eigenvalue weighted by Crippen LogP contribution is -2.28. The van der Waals surface area contributed by atoms with Gasteiger partial charge in [0, 0.05) is 24.7 Å². The smallest absolute Gasteiger partial charge is 0.258 e. The second-order valence-electron chi connectivity index (χ2n) is 5.83. The Morgan fingerprint density at radius 3 is 2.65 bits per heavy atom. The lowest BCUT2D eigenvalue weighted by Gasteiger charge is -2.11. The molecule has 1 N–H and O–H groups in total. The Labute approximate surface area is 151 Å². The van der Waals surface area contributed by atoms with Gasteiger partial charge in [0.25, 0.3) is 11.5 Å². The van der Waals surface area contributed by atoms with Gasteiger partial charge in [-0.3, -0.25) is 9.59 Å². The maximum absolute atomic E-state index is 12.4. The van der Waals surface area contributed by atoms with Gasteiger partial charge >= 0.3 is 0 Å². The number of carbonyl (C=O) groups is 1. The molecule has 1 heterocycles. The minimum Gasteiger partial charge on any atom is -0.483 e. The van der Waals surface area contributed by atoms with Gasteiger partial charge in [0.1, 0.15) is 5.75 Å². The second-order valence-corrected chi connectivity index (χ2v) is 5.83. The summed E-state index contributed by atoms with van der Waals surface area (Å²) in [6.45, 7) is 4.44. The molecule has 0 radical (unpaired) electrons. The van der Waals surface area contributed by atoms with E-state index in [-0.39, 0.29) is 18.1 Å². The number of aromatic nitrogens is 1. The zero-order chi connectivity index (χ0) is 18.4. The van der Waals surface area contributed by atoms with Crippen molar-refractivity contribution in [1.29, 1.82) is 0 Å². The van der Waals surface area contributed by atoms with Gasteiger partial charge in [-0.2, -0.15) is 0 Å². The molecule has 3 aromatic rings. The molecule has 1 aromatic heterocycles. The van der Waals surface area contributed by atoms with E-state index >= 15 is 0 Å². The third kappa shape index (κ3) is 4.00. The molecular weight excluding hydrogens is 328 g/mol. The molecule has 0 aliphatic heterocycles. The Morgan fingerprint density at radius 1 is 1.08 bits per heavy atom. The number of hydrogen-bond donors (Lipinski definition) is 1. The Morgan fingerprint density at radius 2 is 1.88 bits per heavy atom. The summed E-state index contributed by atoms with van der Waals surface area (Å²) in [6.07, 6.45) is 3.37. The van der Waals surface area contributed by atoms with Gasteiger partial charge in [-0.05, 0) is 23.8 Å². The number of hydrogen-bond acceptors (Lipinski definition) is 3. The molecule has 26 heavy (non-hydrogen) atoms. The van der Waals surface area contributed by atoms with Gasteiger partial charge in [-0.25, -0.2) is 0 Å². The monoisotopic (exact) mass is 348 g/mol. The fourth-order valence-corrected chi connectivity index (χ4v) is 2.69. The minimum atomic E-state index is -0.217. The fraction of sp³-hybridized carbons (Fsp3) is 0.143. The van der Waals surface area contributed by atoms with E-state index in [0.29, 0.717) is 29.6 Å². The third-order valence-electron chi connectivity index (χ3n) is 4.00. The Kier molecular flexibility index (Phi) is 5.49. The quantitative estimate of drug-likeness (QED) is 0.668. The van der Waals surface area contributed by atoms with Gasteiger partial charge in [0.2, 0.25) is 0 Å². The predicted molar refractivity (Wildman–Crippen MR) is 102 cm³/mol. The van der Waals surface area contributed by atoms with Crippen LogP contribution < -0.4 is 15.6 Å². The van der Waals surface area contributed by atoms with E-state index in [4.69, 9.17) is 4.74 Å². The molecule has 0 unspecified atom stereocenters. The maximum atomic E-state index is 12.4. The van der Waals surface area contributed by atoms with Crippen LogP contribution in [0.25, 0.3) is 10.8 Å². The third-order valence-corrected chi connectivity index (χ3v) is 4.00. The van der Waals surface area contributed by atoms with E-state index in [1.54, 1.807) is 35.0 Å². The van der Waals surface area contributed by atoms with Crippen LogP contribution in [0.2, 0.25) is 0 Å². The van der Waals surface area contributed by atoms with E-state index < -0.39 is 0 Å². The molecule has 3 rings (SSSR count). The van der Waals surface area contributed by atoms with Crippen LogP contribution in [-0.4, -0.2) is 17.1 Å². The van der Waals surface area contributed by atoms with Gasteiger partial charge in [-0.15, -0.1) is 6.58 Å². The number of nitrogens with zero attached hydrogens (tertiary/aromatic N) is 1. The Hall–Kier alpha value is -3.34. The summed E-state index contributed by atoms with van der Waals surface area (Å²) in [7, 11) is 0. The molecule has 0 fully saturated rings. The number of allylic oxidation sites excluding steroid dienone is 1. The predicted octanol–water partition coefficient (Wildman–Crippen LogP) is 2.88. The van der Waals surface area contributed by atoms with Crippen LogP contribution in [0.15, 0.2) is 78.2 Å². The number of nitrogens with one attached hydrogen (secondary N) is 1. The highest BCUT2D eigenvalue weighted by atomic mass is 16.5. The highest BCUT2D eigenvalue weighted by molar-refractivity contribution is 5.88. The summed E-state index contributed by atoms with van der Waals surface area (Å²) in [6, 6.07) is 16.7. The van der Waals surface area contributed by atoms with Crippen molar-refractivity contribution in [1.82, 2.24) is 9.88 Å². The van der Waals surface area contributed by atoms with E-state index in [1.807, 2.05) is 36.4 Å². The first-order valence-electron chi connectivity index (χ1n) is 8.35. The molecule has 0 atom stereocenters. The summed E-state index contributed by atoms with van der Waals surface area (Å²) >= 11 is 0. The van der Waals surface area contributed by atoms with Crippen molar-refractivity contribution >= 4 is 16.7 Å². The van der Waals surface area contributed by atoms with Crippen LogP contribution in [-0.2, 0) is 17.9 Å². The number of benzene rings is 2. The molecule has 2 aromatic carbocycles. The topological polar surface area (TPSA) is 60.3 Å². The molecule has 5 heteroatoms. The van der Waals surface area contributed by atoms with Crippen molar-refractivity contribution in [3.8, 4) is 5.75 Å². The molecule has 0 aliphatic rings. The molecule has 0 aliphatic carbocycles. The van der Waals surface area contributed by atoms with Gasteiger partial charge in [0.15, 0.2) is 6.61 Å². The van der Waals surface area contributed by atoms with E-state index in [9.17, 15) is 9.59 Å². The average molecular weight is 348 g/mol. The van der Waals surface area contributed by atoms with Crippen LogP contribution >= 0.6 is 0 Å². The fourth-order valence-electron chi connectivity index (χ4n) is 2.69. The van der Waals surface area contributed by atoms with Crippen LogP contribution in [0.1, 0.15) is 5.56 Å². The van der Waals surface area contributed by atoms with E-state index in [1.165, 1.54) is 0 Å². The molecule has 0 saturated carbocycles. The van der Waals surface area contributed by atoms with Crippen molar-refractivity contribution in [2.75, 3.05) is 6.61 Å². The molecule has 0 spiro atoms. The van der Waals surface area contributed by atoms with Crippen molar-refractivity contribution in [3.05, 3.63) is 89.4 Å². The number of carbonyl (C=O) groups excluding carboxylic acids is 1. The molecule has 1 amide bonds. The molecule has 132 valence electrons. The van der Waals surface area contributed by atoms with Crippen molar-refractivity contribution < 1.29 is 9.53 Å². The number of pyridine rings is 1. The summed E-state index contributed by atoms with van der Waals surface area (Å²) < 4.78 is 7.22. The van der Waals surface area contributed by atoms with E-state index in [0.717, 1.165) is 5.56 Å². The maximum Gasteiger partial charge on any atom is 0.258 e. The number of amides is 1. The van der Waals surface area contributed by atoms with Gasteiger partial charge < -0.3 is 14.6 Å². The second kappa shape index (κ2) is 8.16. The molecule has 0 saturated heterocycles. The summed E-state index contributed by atoms with van der Waals surface area (Å²) in [4.78, 5) is 24.5. The van der Waals surface area contributed by atoms with Gasteiger partial charge in [0.05, 0.1) is 5.39 Å². The Balaban J connectivity index is 1.69. The highest BCUT2D eigenvalue weighted by Crippen LogP contribution is 2.23. The lowest BCUT2D eigenvalue weighted by atomic mass is 10.1. The summed E-state index contributed by atoms with van der Waals surface area (Å²) in [5.41, 5.74) is 0.912. The van der Waals surface area contributed by atoms with Crippen molar-refractivity contribution in [2.45, 2.75) is 13.1 Å². The molecule has 5 nitrogen and oxygen atoms in total. The van der Waals surface area contributed by atoms with Gasteiger partial charge in [-0.1, -0.05) is 42.5 Å². The van der Waals surface area contributed by atoms with Crippen LogP contribution in [0.5, 0.6) is 5.75 Å². The normalized spacial score (nSPS) is 10.5. The standard InChI is InChI=1S/C21H20N2O3/c1-2-12-23-13-11-17-18(21(23)25)9-6-10-19(17)26-15-20(24)22-14-16-7-4-3-5-8-16/h2-11,13H,1,12,14-15H2,(H,22,24). The molecule has 0 bridgehead atoms. The summed E-state index contributed by atoms with van der Waals surface area (Å²) in [5.74, 6) is 0.297. The average Bonchev–Trinajstić information content (AvgIpc) is 2.68. The van der Waals surface area contributed by atoms with Crippen LogP contribution in [0.3, 0.4) is 0 Å². The number of fused-ring (bicyclic) bond motifs is 1. The largest absolute Gasteiger partial charge is 0.483 e. The van der Waals surface area contributed by atoms with Crippen LogP contribution in [0.4, 0.5) is 0 Å². The lowest BCUT2D eigenvalue weighted by molar-refractivity contribution is -0.123. The zero-order valence-electron chi connectivity index (χ0n) is 14.4. The van der Waals surface area contributed by atoms with Crippen LogP contribution in [0, 0.1) is 0 Å². The summed E-state index contributed by atoms with van der Waals surface area (Å²) in [5, 5.41) is 4.05. The first kappa shape index (κ1) is 17.5. The SMILES string of the molecule is C=CCn1ccc2c(OCC(=O)NCc3ccccc3)cccc2c1=O. The number of ether oxygens (including phenoxy) is 1. The first-order chi connectivity index (χ1) is 12.7. The van der Waals surface area contributed by atoms with Crippen molar-refractivity contribution in [3.63, 3.8) is 0 Å². The highest BCUT2D eigenvalue weighted by Gasteiger charge is 2.09. The Bertz CT molecular complexity index is 977. The zero-order valence-corrected chi connectivity index (χ0v) is 14.4. The van der Waals surface area contributed by atoms with E-state index in [2.05, 4.69) is 11.9 Å². The first-order valence-corrected chi connectivity index (χ1v) is 8.35. The minimum absolute atomic E-state index is 0.109. The number of rotatable bonds is 7.